The number of likely N-dealkylation sites (tertiary alicyclic amines) is 1. The molecule has 2 fully saturated rings. The average Bonchev–Trinajstić information content (AvgIpc) is 2.87. The minimum atomic E-state index is 0. The number of hydrogen-bond acceptors (Lipinski definition) is 2. The Hall–Kier alpha value is 0.390. The molecule has 2 N–H and O–H groups in total. The Kier molecular flexibility index (Phi) is 5.34. The number of nitrogens with zero attached hydrogens (tertiary/aromatic N) is 1. The van der Waals surface area contributed by atoms with Crippen LogP contribution >= 0.6 is 44.3 Å². The van der Waals surface area contributed by atoms with Crippen molar-refractivity contribution in [3.8, 4) is 0 Å². The summed E-state index contributed by atoms with van der Waals surface area (Å²) >= 11 is 7.08. The maximum atomic E-state index is 6.18. The molecule has 5 heteroatoms. The third-order valence-electron chi connectivity index (χ3n) is 4.38. The van der Waals surface area contributed by atoms with Crippen LogP contribution in [0.3, 0.4) is 0 Å². The van der Waals surface area contributed by atoms with Gasteiger partial charge in [0.25, 0.3) is 0 Å². The Balaban J connectivity index is 0.00000133. The summed E-state index contributed by atoms with van der Waals surface area (Å²) in [6, 6.07) is 6.96. The summed E-state index contributed by atoms with van der Waals surface area (Å²) in [6.45, 7) is 3.46. The second-order valence-corrected chi connectivity index (χ2v) is 7.32. The molecule has 1 aliphatic carbocycles. The zero-order chi connectivity index (χ0) is 12.7. The molecule has 1 saturated carbocycles. The molecule has 0 bridgehead atoms. The van der Waals surface area contributed by atoms with Gasteiger partial charge < -0.3 is 5.73 Å². The minimum absolute atomic E-state index is 0. The van der Waals surface area contributed by atoms with Crippen molar-refractivity contribution in [2.24, 2.45) is 17.6 Å². The maximum absolute atomic E-state index is 6.18. The third kappa shape index (κ3) is 3.35. The van der Waals surface area contributed by atoms with E-state index in [2.05, 4.69) is 55.0 Å². The normalized spacial score (nSPS) is 30.2. The summed E-state index contributed by atoms with van der Waals surface area (Å²) in [5, 5.41) is 0. The van der Waals surface area contributed by atoms with E-state index >= 15 is 0 Å². The number of hydrogen-bond donors (Lipinski definition) is 1. The van der Waals surface area contributed by atoms with Crippen molar-refractivity contribution >= 4 is 44.3 Å². The summed E-state index contributed by atoms with van der Waals surface area (Å²) in [7, 11) is 0. The smallest absolute Gasteiger partial charge is 0.0320 e. The lowest BCUT2D eigenvalue weighted by molar-refractivity contribution is 0.298. The first-order chi connectivity index (χ1) is 8.63. The Morgan fingerprint density at radius 3 is 2.63 bits per heavy atom. The molecule has 1 aliphatic heterocycles. The van der Waals surface area contributed by atoms with Crippen LogP contribution in [0, 0.1) is 11.8 Å². The fourth-order valence-electron chi connectivity index (χ4n) is 3.43. The van der Waals surface area contributed by atoms with E-state index < -0.39 is 0 Å². The van der Waals surface area contributed by atoms with Crippen molar-refractivity contribution in [2.75, 3.05) is 13.1 Å². The third-order valence-corrected chi connectivity index (χ3v) is 6.26. The van der Waals surface area contributed by atoms with E-state index in [0.717, 1.165) is 27.3 Å². The molecular formula is C14H19Br2ClN2. The highest BCUT2D eigenvalue weighted by molar-refractivity contribution is 9.13. The fraction of sp³-hybridized carbons (Fsp3) is 0.571. The van der Waals surface area contributed by atoms with Gasteiger partial charge in [-0.25, -0.2) is 0 Å². The second-order valence-electron chi connectivity index (χ2n) is 5.61. The standard InChI is InChI=1S/C14H18Br2N2.ClH/c15-12-3-1-9(5-13(12)16)6-18-7-10-2-4-14(17)11(10)8-18;/h1,3,5,10-11,14H,2,4,6-8,17H2;1H. The highest BCUT2D eigenvalue weighted by Crippen LogP contribution is 2.37. The molecule has 1 aromatic carbocycles. The van der Waals surface area contributed by atoms with Gasteiger partial charge in [-0.05, 0) is 74.2 Å². The molecule has 1 saturated heterocycles. The summed E-state index contributed by atoms with van der Waals surface area (Å²) in [4.78, 5) is 2.56. The number of halogens is 3. The van der Waals surface area contributed by atoms with Crippen LogP contribution in [0.4, 0.5) is 0 Å². The number of fused-ring (bicyclic) bond motifs is 1. The monoisotopic (exact) mass is 408 g/mol. The van der Waals surface area contributed by atoms with Crippen LogP contribution in [0.15, 0.2) is 27.1 Å². The van der Waals surface area contributed by atoms with Crippen LogP contribution in [0.1, 0.15) is 18.4 Å². The molecule has 19 heavy (non-hydrogen) atoms. The van der Waals surface area contributed by atoms with Gasteiger partial charge in [0.1, 0.15) is 0 Å². The maximum Gasteiger partial charge on any atom is 0.0320 e. The zero-order valence-electron chi connectivity index (χ0n) is 10.7. The van der Waals surface area contributed by atoms with E-state index in [9.17, 15) is 0 Å². The predicted molar refractivity (Wildman–Crippen MR) is 88.6 cm³/mol. The lowest BCUT2D eigenvalue weighted by Gasteiger charge is -2.18. The van der Waals surface area contributed by atoms with Crippen LogP contribution in [0.2, 0.25) is 0 Å². The zero-order valence-corrected chi connectivity index (χ0v) is 14.7. The van der Waals surface area contributed by atoms with Gasteiger partial charge in [-0.15, -0.1) is 12.4 Å². The molecule has 3 unspecified atom stereocenters. The largest absolute Gasteiger partial charge is 0.327 e. The number of nitrogens with two attached hydrogens (primary N) is 1. The Morgan fingerprint density at radius 2 is 1.95 bits per heavy atom. The average molecular weight is 411 g/mol. The van der Waals surface area contributed by atoms with Crippen LogP contribution < -0.4 is 5.73 Å². The van der Waals surface area contributed by atoms with Crippen molar-refractivity contribution < 1.29 is 0 Å². The lowest BCUT2D eigenvalue weighted by Crippen LogP contribution is -2.30. The van der Waals surface area contributed by atoms with Crippen molar-refractivity contribution in [3.05, 3.63) is 32.7 Å². The molecule has 0 spiro atoms. The van der Waals surface area contributed by atoms with Gasteiger partial charge in [-0.2, -0.15) is 0 Å². The first kappa shape index (κ1) is 15.8. The summed E-state index contributed by atoms with van der Waals surface area (Å²) in [5.41, 5.74) is 7.55. The van der Waals surface area contributed by atoms with Gasteiger partial charge >= 0.3 is 0 Å². The van der Waals surface area contributed by atoms with Gasteiger partial charge in [0.15, 0.2) is 0 Å². The Bertz CT molecular complexity index is 455. The summed E-state index contributed by atoms with van der Waals surface area (Å²) in [5.74, 6) is 1.59. The van der Waals surface area contributed by atoms with E-state index in [1.54, 1.807) is 0 Å². The topological polar surface area (TPSA) is 29.3 Å². The first-order valence-electron chi connectivity index (χ1n) is 6.55. The summed E-state index contributed by atoms with van der Waals surface area (Å²) in [6.07, 6.45) is 2.55. The number of benzene rings is 1. The van der Waals surface area contributed by atoms with Crippen molar-refractivity contribution in [1.82, 2.24) is 4.90 Å². The molecule has 106 valence electrons. The molecule has 0 amide bonds. The SMILES string of the molecule is Cl.NC1CCC2CN(Cc3ccc(Br)c(Br)c3)CC12. The predicted octanol–water partition coefficient (Wildman–Crippen LogP) is 3.80. The minimum Gasteiger partial charge on any atom is -0.327 e. The molecule has 2 nitrogen and oxygen atoms in total. The molecular weight excluding hydrogens is 391 g/mol. The number of rotatable bonds is 2. The quantitative estimate of drug-likeness (QED) is 0.804. The van der Waals surface area contributed by atoms with E-state index in [1.807, 2.05) is 0 Å². The van der Waals surface area contributed by atoms with E-state index in [4.69, 9.17) is 5.73 Å². The van der Waals surface area contributed by atoms with Gasteiger partial charge in [0.2, 0.25) is 0 Å². The van der Waals surface area contributed by atoms with Gasteiger partial charge in [0.05, 0.1) is 0 Å². The highest BCUT2D eigenvalue weighted by atomic mass is 79.9. The van der Waals surface area contributed by atoms with Crippen LogP contribution in [-0.4, -0.2) is 24.0 Å². The molecule has 1 aromatic rings. The fourth-order valence-corrected chi connectivity index (χ4v) is 4.10. The summed E-state index contributed by atoms with van der Waals surface area (Å²) < 4.78 is 2.25. The molecule has 1 heterocycles. The Morgan fingerprint density at radius 1 is 1.16 bits per heavy atom. The van der Waals surface area contributed by atoms with Crippen LogP contribution in [-0.2, 0) is 6.54 Å². The molecule has 3 rings (SSSR count). The van der Waals surface area contributed by atoms with Crippen LogP contribution in [0.25, 0.3) is 0 Å². The van der Waals surface area contributed by atoms with E-state index in [0.29, 0.717) is 6.04 Å². The molecule has 0 aromatic heterocycles. The van der Waals surface area contributed by atoms with Gasteiger partial charge in [-0.1, -0.05) is 6.07 Å². The van der Waals surface area contributed by atoms with Crippen molar-refractivity contribution in [1.29, 1.82) is 0 Å². The first-order valence-corrected chi connectivity index (χ1v) is 8.14. The van der Waals surface area contributed by atoms with Crippen molar-refractivity contribution in [2.45, 2.75) is 25.4 Å². The second kappa shape index (κ2) is 6.44. The molecule has 3 atom stereocenters. The highest BCUT2D eigenvalue weighted by Gasteiger charge is 2.40. The lowest BCUT2D eigenvalue weighted by atomic mass is 9.98. The van der Waals surface area contributed by atoms with Crippen LogP contribution in [0.5, 0.6) is 0 Å². The molecule has 0 radical (unpaired) electrons. The Labute approximate surface area is 137 Å². The van der Waals surface area contributed by atoms with Gasteiger partial charge in [-0.3, -0.25) is 4.90 Å². The van der Waals surface area contributed by atoms with Gasteiger partial charge in [0, 0.05) is 34.6 Å². The molecule has 2 aliphatic rings. The van der Waals surface area contributed by atoms with E-state index in [1.165, 1.54) is 31.5 Å². The van der Waals surface area contributed by atoms with E-state index in [-0.39, 0.29) is 12.4 Å². The van der Waals surface area contributed by atoms with Crippen molar-refractivity contribution in [3.63, 3.8) is 0 Å².